The maximum absolute atomic E-state index is 5.97. The molecule has 80 valence electrons. The van der Waals surface area contributed by atoms with Crippen LogP contribution in [0.2, 0.25) is 0 Å². The zero-order valence-corrected chi connectivity index (χ0v) is 9.62. The molecule has 1 heterocycles. The third-order valence-electron chi connectivity index (χ3n) is 2.99. The standard InChI is InChI=1S/C13H18N2/c1-4-10-6-5-7-11-12(9(2)14)8-15(3)13(10)11/h5-9H,4,14H2,1-3H3. The van der Waals surface area contributed by atoms with E-state index in [1.165, 1.54) is 22.0 Å². The van der Waals surface area contributed by atoms with Crippen LogP contribution < -0.4 is 5.73 Å². The van der Waals surface area contributed by atoms with Crippen LogP contribution in [0.15, 0.2) is 24.4 Å². The Kier molecular flexibility index (Phi) is 2.53. The van der Waals surface area contributed by atoms with Crippen LogP contribution in [0, 0.1) is 0 Å². The van der Waals surface area contributed by atoms with Gasteiger partial charge in [0.2, 0.25) is 0 Å². The van der Waals surface area contributed by atoms with Gasteiger partial charge in [-0.1, -0.05) is 25.1 Å². The molecule has 0 radical (unpaired) electrons. The van der Waals surface area contributed by atoms with E-state index in [0.29, 0.717) is 0 Å². The van der Waals surface area contributed by atoms with E-state index in [1.807, 2.05) is 6.92 Å². The van der Waals surface area contributed by atoms with Crippen LogP contribution in [-0.4, -0.2) is 4.57 Å². The molecule has 0 fully saturated rings. The molecule has 2 nitrogen and oxygen atoms in total. The molecule has 1 unspecified atom stereocenters. The minimum Gasteiger partial charge on any atom is -0.350 e. The average Bonchev–Trinajstić information content (AvgIpc) is 2.56. The highest BCUT2D eigenvalue weighted by atomic mass is 14.9. The van der Waals surface area contributed by atoms with Crippen molar-refractivity contribution >= 4 is 10.9 Å². The van der Waals surface area contributed by atoms with Crippen LogP contribution in [0.4, 0.5) is 0 Å². The number of hydrogen-bond acceptors (Lipinski definition) is 1. The molecule has 2 heteroatoms. The lowest BCUT2D eigenvalue weighted by Crippen LogP contribution is -2.03. The fourth-order valence-electron chi connectivity index (χ4n) is 2.23. The van der Waals surface area contributed by atoms with E-state index in [9.17, 15) is 0 Å². The summed E-state index contributed by atoms with van der Waals surface area (Å²) in [7, 11) is 2.09. The van der Waals surface area contributed by atoms with Gasteiger partial charge in [-0.15, -0.1) is 0 Å². The molecule has 0 aliphatic rings. The summed E-state index contributed by atoms with van der Waals surface area (Å²) in [5, 5.41) is 1.30. The van der Waals surface area contributed by atoms with E-state index >= 15 is 0 Å². The number of nitrogens with two attached hydrogens (primary N) is 1. The van der Waals surface area contributed by atoms with Crippen molar-refractivity contribution in [3.63, 3.8) is 0 Å². The zero-order chi connectivity index (χ0) is 11.0. The number of benzene rings is 1. The Bertz CT molecular complexity index is 480. The number of rotatable bonds is 2. The van der Waals surface area contributed by atoms with E-state index in [4.69, 9.17) is 5.73 Å². The molecule has 0 aliphatic carbocycles. The first-order valence-corrected chi connectivity index (χ1v) is 5.47. The molecule has 0 spiro atoms. The van der Waals surface area contributed by atoms with Crippen molar-refractivity contribution in [1.82, 2.24) is 4.57 Å². The van der Waals surface area contributed by atoms with Crippen molar-refractivity contribution < 1.29 is 0 Å². The Morgan fingerprint density at radius 1 is 1.40 bits per heavy atom. The highest BCUT2D eigenvalue weighted by Crippen LogP contribution is 2.27. The van der Waals surface area contributed by atoms with Crippen LogP contribution in [-0.2, 0) is 13.5 Å². The molecule has 0 bridgehead atoms. The Morgan fingerprint density at radius 3 is 2.73 bits per heavy atom. The Morgan fingerprint density at radius 2 is 2.13 bits per heavy atom. The molecule has 0 saturated heterocycles. The first-order valence-electron chi connectivity index (χ1n) is 5.47. The number of hydrogen-bond donors (Lipinski definition) is 1. The van der Waals surface area contributed by atoms with Crippen molar-refractivity contribution in [2.75, 3.05) is 0 Å². The third kappa shape index (κ3) is 1.55. The molecule has 0 aliphatic heterocycles. The van der Waals surface area contributed by atoms with Crippen molar-refractivity contribution in [2.24, 2.45) is 12.8 Å². The summed E-state index contributed by atoms with van der Waals surface area (Å²) in [6.07, 6.45) is 3.21. The molecule has 2 rings (SSSR count). The monoisotopic (exact) mass is 202 g/mol. The summed E-state index contributed by atoms with van der Waals surface area (Å²) >= 11 is 0. The maximum Gasteiger partial charge on any atom is 0.0513 e. The normalized spacial score (nSPS) is 13.3. The van der Waals surface area contributed by atoms with Crippen molar-refractivity contribution in [3.05, 3.63) is 35.5 Å². The van der Waals surface area contributed by atoms with Crippen LogP contribution in [0.5, 0.6) is 0 Å². The van der Waals surface area contributed by atoms with E-state index in [-0.39, 0.29) is 6.04 Å². The van der Waals surface area contributed by atoms with Crippen molar-refractivity contribution in [3.8, 4) is 0 Å². The highest BCUT2D eigenvalue weighted by Gasteiger charge is 2.11. The van der Waals surface area contributed by atoms with Gasteiger partial charge in [0, 0.05) is 24.7 Å². The van der Waals surface area contributed by atoms with Crippen LogP contribution in [0.3, 0.4) is 0 Å². The van der Waals surface area contributed by atoms with Gasteiger partial charge in [0.1, 0.15) is 0 Å². The third-order valence-corrected chi connectivity index (χ3v) is 2.99. The average molecular weight is 202 g/mol. The topological polar surface area (TPSA) is 30.9 Å². The fraction of sp³-hybridized carbons (Fsp3) is 0.385. The molecular formula is C13H18N2. The van der Waals surface area contributed by atoms with Gasteiger partial charge in [-0.25, -0.2) is 0 Å². The zero-order valence-electron chi connectivity index (χ0n) is 9.62. The number of nitrogens with zero attached hydrogens (tertiary/aromatic N) is 1. The molecule has 1 atom stereocenters. The molecule has 1 aromatic heterocycles. The number of fused-ring (bicyclic) bond motifs is 1. The number of aryl methyl sites for hydroxylation is 2. The number of aromatic nitrogens is 1. The maximum atomic E-state index is 5.97. The summed E-state index contributed by atoms with van der Waals surface area (Å²) < 4.78 is 2.19. The van der Waals surface area contributed by atoms with Crippen LogP contribution >= 0.6 is 0 Å². The van der Waals surface area contributed by atoms with Gasteiger partial charge >= 0.3 is 0 Å². The summed E-state index contributed by atoms with van der Waals surface area (Å²) in [5.74, 6) is 0. The second-order valence-electron chi connectivity index (χ2n) is 4.15. The molecule has 0 amide bonds. The van der Waals surface area contributed by atoms with E-state index < -0.39 is 0 Å². The predicted octanol–water partition coefficient (Wildman–Crippen LogP) is 2.76. The predicted molar refractivity (Wildman–Crippen MR) is 64.9 cm³/mol. The van der Waals surface area contributed by atoms with Gasteiger partial charge in [0.05, 0.1) is 5.52 Å². The van der Waals surface area contributed by atoms with Gasteiger partial charge in [-0.05, 0) is 24.5 Å². The molecule has 0 saturated carbocycles. The van der Waals surface area contributed by atoms with Crippen LogP contribution in [0.25, 0.3) is 10.9 Å². The lowest BCUT2D eigenvalue weighted by molar-refractivity contribution is 0.815. The Labute approximate surface area is 90.7 Å². The molecule has 1 aromatic carbocycles. The van der Waals surface area contributed by atoms with Crippen molar-refractivity contribution in [2.45, 2.75) is 26.3 Å². The SMILES string of the molecule is CCc1cccc2c(C(C)N)cn(C)c12. The minimum absolute atomic E-state index is 0.0980. The second kappa shape index (κ2) is 3.70. The molecule has 15 heavy (non-hydrogen) atoms. The minimum atomic E-state index is 0.0980. The largest absolute Gasteiger partial charge is 0.350 e. The highest BCUT2D eigenvalue weighted by molar-refractivity contribution is 5.87. The molecule has 2 N–H and O–H groups in total. The van der Waals surface area contributed by atoms with E-state index in [1.54, 1.807) is 0 Å². The van der Waals surface area contributed by atoms with Gasteiger partial charge in [-0.2, -0.15) is 0 Å². The van der Waals surface area contributed by atoms with E-state index in [2.05, 4.69) is 42.9 Å². The summed E-state index contributed by atoms with van der Waals surface area (Å²) in [6.45, 7) is 4.22. The number of para-hydroxylation sites is 1. The summed E-state index contributed by atoms with van der Waals surface area (Å²) in [6, 6.07) is 6.56. The van der Waals surface area contributed by atoms with Crippen LogP contribution in [0.1, 0.15) is 31.0 Å². The summed E-state index contributed by atoms with van der Waals surface area (Å²) in [4.78, 5) is 0. The Hall–Kier alpha value is -1.28. The first-order chi connectivity index (χ1) is 7.15. The fourth-order valence-corrected chi connectivity index (χ4v) is 2.23. The van der Waals surface area contributed by atoms with Gasteiger partial charge in [-0.3, -0.25) is 0 Å². The molecular weight excluding hydrogens is 184 g/mol. The first kappa shape index (κ1) is 10.2. The summed E-state index contributed by atoms with van der Waals surface area (Å²) in [5.41, 5.74) is 9.93. The lowest BCUT2D eigenvalue weighted by atomic mass is 10.0. The van der Waals surface area contributed by atoms with Gasteiger partial charge < -0.3 is 10.3 Å². The second-order valence-corrected chi connectivity index (χ2v) is 4.15. The van der Waals surface area contributed by atoms with Gasteiger partial charge in [0.15, 0.2) is 0 Å². The Balaban J connectivity index is 2.79. The van der Waals surface area contributed by atoms with E-state index in [0.717, 1.165) is 6.42 Å². The quantitative estimate of drug-likeness (QED) is 0.797. The van der Waals surface area contributed by atoms with Gasteiger partial charge in [0.25, 0.3) is 0 Å². The van der Waals surface area contributed by atoms with Crippen molar-refractivity contribution in [1.29, 1.82) is 0 Å². The smallest absolute Gasteiger partial charge is 0.0513 e. The lowest BCUT2D eigenvalue weighted by Gasteiger charge is -2.04. The molecule has 2 aromatic rings.